The van der Waals surface area contributed by atoms with Gasteiger partial charge in [0.1, 0.15) is 11.5 Å². The molecule has 1 saturated heterocycles. The van der Waals surface area contributed by atoms with Crippen molar-refractivity contribution in [1.29, 1.82) is 0 Å². The number of hydrogen-bond acceptors (Lipinski definition) is 4. The average molecular weight is 375 g/mol. The second-order valence-electron chi connectivity index (χ2n) is 7.09. The SMILES string of the molecule is CN=C(NCc1cc(C)oc1C)NCC1CCCN(C)C1c1cccs1. The Hall–Kier alpha value is -1.79. The zero-order valence-electron chi connectivity index (χ0n) is 16.2. The van der Waals surface area contributed by atoms with Gasteiger partial charge in [0, 0.05) is 36.6 Å². The first kappa shape index (κ1) is 19.0. The van der Waals surface area contributed by atoms with Crippen LogP contribution in [-0.4, -0.2) is 38.0 Å². The van der Waals surface area contributed by atoms with Crippen LogP contribution in [0, 0.1) is 19.8 Å². The highest BCUT2D eigenvalue weighted by Crippen LogP contribution is 2.36. The molecule has 1 aliphatic rings. The molecule has 0 aromatic carbocycles. The second-order valence-corrected chi connectivity index (χ2v) is 8.07. The monoisotopic (exact) mass is 374 g/mol. The quantitative estimate of drug-likeness (QED) is 0.619. The van der Waals surface area contributed by atoms with Crippen molar-refractivity contribution in [2.75, 3.05) is 27.2 Å². The molecule has 2 unspecified atom stereocenters. The van der Waals surface area contributed by atoms with Gasteiger partial charge < -0.3 is 15.1 Å². The van der Waals surface area contributed by atoms with E-state index in [1.807, 2.05) is 32.2 Å². The molecule has 1 aliphatic heterocycles. The molecule has 5 nitrogen and oxygen atoms in total. The van der Waals surface area contributed by atoms with Crippen LogP contribution >= 0.6 is 11.3 Å². The topological polar surface area (TPSA) is 52.8 Å². The standard InChI is InChI=1S/C20H30N4OS/c1-14-11-17(15(2)25-14)13-23-20(21-3)22-12-16-7-5-9-24(4)19(16)18-8-6-10-26-18/h6,8,10-11,16,19H,5,7,9,12-13H2,1-4H3,(H2,21,22,23). The Balaban J connectivity index is 1.57. The normalized spacial score (nSPS) is 21.8. The predicted molar refractivity (Wildman–Crippen MR) is 109 cm³/mol. The van der Waals surface area contributed by atoms with Crippen LogP contribution in [-0.2, 0) is 6.54 Å². The lowest BCUT2D eigenvalue weighted by atomic mass is 9.88. The second kappa shape index (κ2) is 8.73. The Morgan fingerprint density at radius 2 is 2.23 bits per heavy atom. The fraction of sp³-hybridized carbons (Fsp3) is 0.550. The van der Waals surface area contributed by atoms with E-state index in [0.29, 0.717) is 12.0 Å². The Labute approximate surface area is 160 Å². The van der Waals surface area contributed by atoms with Gasteiger partial charge in [-0.3, -0.25) is 9.89 Å². The molecule has 0 bridgehead atoms. The zero-order chi connectivity index (χ0) is 18.5. The number of aliphatic imine (C=N–C) groups is 1. The van der Waals surface area contributed by atoms with Crippen LogP contribution in [0.5, 0.6) is 0 Å². The van der Waals surface area contributed by atoms with E-state index in [4.69, 9.17) is 4.42 Å². The molecule has 0 aliphatic carbocycles. The number of hydrogen-bond donors (Lipinski definition) is 2. The fourth-order valence-corrected chi connectivity index (χ4v) is 4.85. The van der Waals surface area contributed by atoms with E-state index in [1.54, 1.807) is 0 Å². The molecule has 142 valence electrons. The zero-order valence-corrected chi connectivity index (χ0v) is 17.0. The maximum absolute atomic E-state index is 5.60. The minimum absolute atomic E-state index is 0.494. The fourth-order valence-electron chi connectivity index (χ4n) is 3.87. The number of nitrogens with one attached hydrogen (secondary N) is 2. The summed E-state index contributed by atoms with van der Waals surface area (Å²) in [5, 5.41) is 9.12. The third kappa shape index (κ3) is 4.48. The van der Waals surface area contributed by atoms with Crippen LogP contribution < -0.4 is 10.6 Å². The number of thiophene rings is 1. The molecule has 2 atom stereocenters. The van der Waals surface area contributed by atoms with Crippen molar-refractivity contribution in [3.63, 3.8) is 0 Å². The molecule has 6 heteroatoms. The maximum Gasteiger partial charge on any atom is 0.191 e. The van der Waals surface area contributed by atoms with Gasteiger partial charge in [-0.2, -0.15) is 0 Å². The summed E-state index contributed by atoms with van der Waals surface area (Å²) in [6, 6.07) is 7.00. The molecule has 0 radical (unpaired) electrons. The summed E-state index contributed by atoms with van der Waals surface area (Å²) in [6.45, 7) is 6.81. The smallest absolute Gasteiger partial charge is 0.191 e. The highest BCUT2D eigenvalue weighted by molar-refractivity contribution is 7.10. The number of guanidine groups is 1. The number of aryl methyl sites for hydroxylation is 2. The highest BCUT2D eigenvalue weighted by Gasteiger charge is 2.31. The third-order valence-electron chi connectivity index (χ3n) is 5.19. The van der Waals surface area contributed by atoms with Crippen LogP contribution in [0.1, 0.15) is 40.8 Å². The number of rotatable bonds is 5. The molecule has 0 amide bonds. The molecule has 0 spiro atoms. The molecule has 3 rings (SSSR count). The van der Waals surface area contributed by atoms with Crippen molar-refractivity contribution < 1.29 is 4.42 Å². The van der Waals surface area contributed by atoms with Crippen LogP contribution in [0.4, 0.5) is 0 Å². The molecule has 3 heterocycles. The maximum atomic E-state index is 5.60. The van der Waals surface area contributed by atoms with E-state index in [2.05, 4.69) is 51.2 Å². The van der Waals surface area contributed by atoms with Crippen molar-refractivity contribution in [3.8, 4) is 0 Å². The Bertz CT molecular complexity index is 722. The van der Waals surface area contributed by atoms with Gasteiger partial charge in [-0.15, -0.1) is 11.3 Å². The Kier molecular flexibility index (Phi) is 6.38. The van der Waals surface area contributed by atoms with Crippen LogP contribution in [0.25, 0.3) is 0 Å². The molecule has 26 heavy (non-hydrogen) atoms. The predicted octanol–water partition coefficient (Wildman–Crippen LogP) is 3.71. The summed E-state index contributed by atoms with van der Waals surface area (Å²) in [4.78, 5) is 8.34. The van der Waals surface area contributed by atoms with Crippen molar-refractivity contribution in [3.05, 3.63) is 45.5 Å². The van der Waals surface area contributed by atoms with Crippen LogP contribution in [0.3, 0.4) is 0 Å². The van der Waals surface area contributed by atoms with E-state index in [9.17, 15) is 0 Å². The molecular weight excluding hydrogens is 344 g/mol. The van der Waals surface area contributed by atoms with E-state index in [-0.39, 0.29) is 0 Å². The largest absolute Gasteiger partial charge is 0.466 e. The summed E-state index contributed by atoms with van der Waals surface area (Å²) in [5.74, 6) is 3.36. The van der Waals surface area contributed by atoms with E-state index in [0.717, 1.165) is 30.6 Å². The average Bonchev–Trinajstić information content (AvgIpc) is 3.25. The Morgan fingerprint density at radius 1 is 1.38 bits per heavy atom. The number of likely N-dealkylation sites (tertiary alicyclic amines) is 1. The minimum atomic E-state index is 0.494. The highest BCUT2D eigenvalue weighted by atomic mass is 32.1. The van der Waals surface area contributed by atoms with Crippen molar-refractivity contribution in [2.45, 2.75) is 39.3 Å². The van der Waals surface area contributed by atoms with Gasteiger partial charge in [-0.1, -0.05) is 6.07 Å². The summed E-state index contributed by atoms with van der Waals surface area (Å²) in [5.41, 5.74) is 1.18. The lowest BCUT2D eigenvalue weighted by Crippen LogP contribution is -2.44. The molecule has 0 saturated carbocycles. The van der Waals surface area contributed by atoms with Gasteiger partial charge in [0.15, 0.2) is 5.96 Å². The van der Waals surface area contributed by atoms with Crippen molar-refractivity contribution in [1.82, 2.24) is 15.5 Å². The van der Waals surface area contributed by atoms with Crippen molar-refractivity contribution in [2.24, 2.45) is 10.9 Å². The molecule has 2 aromatic rings. The summed E-state index contributed by atoms with van der Waals surface area (Å²) in [6.07, 6.45) is 2.50. The first-order chi connectivity index (χ1) is 12.6. The molecular formula is C20H30N4OS. The summed E-state index contributed by atoms with van der Waals surface area (Å²) >= 11 is 1.86. The lowest BCUT2D eigenvalue weighted by molar-refractivity contribution is 0.125. The van der Waals surface area contributed by atoms with E-state index in [1.165, 1.54) is 29.8 Å². The minimum Gasteiger partial charge on any atom is -0.466 e. The molecule has 2 N–H and O–H groups in total. The first-order valence-electron chi connectivity index (χ1n) is 9.32. The van der Waals surface area contributed by atoms with Gasteiger partial charge in [-0.25, -0.2) is 0 Å². The van der Waals surface area contributed by atoms with E-state index >= 15 is 0 Å². The van der Waals surface area contributed by atoms with Crippen LogP contribution in [0.2, 0.25) is 0 Å². The van der Waals surface area contributed by atoms with E-state index < -0.39 is 0 Å². The summed E-state index contributed by atoms with van der Waals surface area (Å²) in [7, 11) is 4.07. The van der Waals surface area contributed by atoms with Gasteiger partial charge in [0.25, 0.3) is 0 Å². The van der Waals surface area contributed by atoms with Gasteiger partial charge in [0.2, 0.25) is 0 Å². The molecule has 1 fully saturated rings. The first-order valence-corrected chi connectivity index (χ1v) is 10.2. The van der Waals surface area contributed by atoms with Gasteiger partial charge in [-0.05, 0) is 63.7 Å². The Morgan fingerprint density at radius 3 is 2.88 bits per heavy atom. The van der Waals surface area contributed by atoms with Crippen LogP contribution in [0.15, 0.2) is 33.0 Å². The lowest BCUT2D eigenvalue weighted by Gasteiger charge is -2.39. The number of piperidine rings is 1. The van der Waals surface area contributed by atoms with Gasteiger partial charge in [0.05, 0.1) is 0 Å². The number of furan rings is 1. The van der Waals surface area contributed by atoms with Gasteiger partial charge >= 0.3 is 0 Å². The number of nitrogens with zero attached hydrogens (tertiary/aromatic N) is 2. The summed E-state index contributed by atoms with van der Waals surface area (Å²) < 4.78 is 5.60. The third-order valence-corrected chi connectivity index (χ3v) is 6.13. The van der Waals surface area contributed by atoms with Crippen molar-refractivity contribution >= 4 is 17.3 Å². The molecule has 2 aromatic heterocycles.